The zero-order valence-electron chi connectivity index (χ0n) is 17.1. The molecule has 1 amide bonds. The van der Waals surface area contributed by atoms with Crippen molar-refractivity contribution < 1.29 is 14.3 Å². The molecule has 1 aromatic carbocycles. The number of carbonyl (C=O) groups excluding carboxylic acids is 1. The molecule has 1 aliphatic heterocycles. The third-order valence-electron chi connectivity index (χ3n) is 5.16. The first-order valence-electron chi connectivity index (χ1n) is 9.72. The number of hydrogen-bond acceptors (Lipinski definition) is 8. The van der Waals surface area contributed by atoms with Gasteiger partial charge in [-0.2, -0.15) is 0 Å². The van der Waals surface area contributed by atoms with E-state index < -0.39 is 0 Å². The number of ether oxygens (including phenoxy) is 2. The van der Waals surface area contributed by atoms with Gasteiger partial charge < -0.3 is 19.7 Å². The highest BCUT2D eigenvalue weighted by Gasteiger charge is 2.22. The number of hydrogen-bond donors (Lipinski definition) is 1. The number of halogens is 2. The molecule has 11 heteroatoms. The summed E-state index contributed by atoms with van der Waals surface area (Å²) >= 11 is 14.8. The molecule has 1 aliphatic rings. The Hall–Kier alpha value is -1.78. The summed E-state index contributed by atoms with van der Waals surface area (Å²) in [4.78, 5) is 21.7. The summed E-state index contributed by atoms with van der Waals surface area (Å²) in [6.45, 7) is 4.85. The van der Waals surface area contributed by atoms with Gasteiger partial charge in [0.05, 0.1) is 24.1 Å². The summed E-state index contributed by atoms with van der Waals surface area (Å²) in [5, 5.41) is 3.89. The van der Waals surface area contributed by atoms with Gasteiger partial charge in [0.1, 0.15) is 26.1 Å². The molecule has 0 aliphatic carbocycles. The van der Waals surface area contributed by atoms with E-state index in [9.17, 15) is 4.79 Å². The summed E-state index contributed by atoms with van der Waals surface area (Å²) in [6.07, 6.45) is 0. The molecule has 0 atom stereocenters. The van der Waals surface area contributed by atoms with Crippen molar-refractivity contribution in [1.29, 1.82) is 0 Å². The number of rotatable bonds is 7. The first-order chi connectivity index (χ1) is 15.0. The highest BCUT2D eigenvalue weighted by atomic mass is 35.5. The summed E-state index contributed by atoms with van der Waals surface area (Å²) in [6, 6.07) is 5.39. The maximum atomic E-state index is 12.2. The van der Waals surface area contributed by atoms with E-state index in [2.05, 4.69) is 15.1 Å². The van der Waals surface area contributed by atoms with Crippen LogP contribution >= 0.6 is 45.9 Å². The summed E-state index contributed by atoms with van der Waals surface area (Å²) in [7, 11) is 3.32. The van der Waals surface area contributed by atoms with E-state index in [0.717, 1.165) is 59.6 Å². The van der Waals surface area contributed by atoms with Gasteiger partial charge in [-0.25, -0.2) is 4.98 Å². The first kappa shape index (κ1) is 22.4. The third-order valence-corrected chi connectivity index (χ3v) is 7.77. The molecular formula is C20H22Cl2N4O3S2. The average Bonchev–Trinajstić information content (AvgIpc) is 3.36. The van der Waals surface area contributed by atoms with Crippen molar-refractivity contribution in [2.24, 2.45) is 0 Å². The zero-order chi connectivity index (χ0) is 22.0. The maximum Gasteiger partial charge on any atom is 0.253 e. The van der Waals surface area contributed by atoms with Crippen molar-refractivity contribution in [2.45, 2.75) is 0 Å². The molecule has 1 N–H and O–H groups in total. The van der Waals surface area contributed by atoms with Gasteiger partial charge in [-0.15, -0.1) is 11.3 Å². The molecule has 7 nitrogen and oxygen atoms in total. The number of thiazole rings is 1. The van der Waals surface area contributed by atoms with Crippen molar-refractivity contribution in [3.05, 3.63) is 32.4 Å². The van der Waals surface area contributed by atoms with E-state index in [1.54, 1.807) is 31.6 Å². The number of thiophene rings is 1. The lowest BCUT2D eigenvalue weighted by Gasteiger charge is -2.34. The molecule has 0 spiro atoms. The van der Waals surface area contributed by atoms with Crippen LogP contribution in [-0.4, -0.2) is 69.3 Å². The highest BCUT2D eigenvalue weighted by Crippen LogP contribution is 2.40. The number of methoxy groups -OCH3 is 2. The van der Waals surface area contributed by atoms with Crippen LogP contribution in [0.2, 0.25) is 8.67 Å². The van der Waals surface area contributed by atoms with E-state index in [4.69, 9.17) is 37.7 Å². The zero-order valence-corrected chi connectivity index (χ0v) is 20.3. The van der Waals surface area contributed by atoms with Gasteiger partial charge in [0.2, 0.25) is 0 Å². The largest absolute Gasteiger partial charge is 0.495 e. The quantitative estimate of drug-likeness (QED) is 0.523. The fourth-order valence-electron chi connectivity index (χ4n) is 3.49. The molecule has 0 radical (unpaired) electrons. The standard InChI is InChI=1S/C20H22Cl2N4O3S2/c1-28-13-3-4-14(29-2)17-16(13)24-20(31-17)26-9-7-25(8-10-26)6-5-23-19(27)12-11-15(21)30-18(12)22/h3-4,11H,5-10H2,1-2H3,(H,23,27). The van der Waals surface area contributed by atoms with Gasteiger partial charge in [0.25, 0.3) is 5.91 Å². The number of anilines is 1. The number of nitrogens with one attached hydrogen (secondary N) is 1. The Morgan fingerprint density at radius 3 is 2.48 bits per heavy atom. The van der Waals surface area contributed by atoms with E-state index in [1.807, 2.05) is 12.1 Å². The second-order valence-electron chi connectivity index (χ2n) is 6.97. The minimum absolute atomic E-state index is 0.191. The van der Waals surface area contributed by atoms with Crippen LogP contribution in [0.1, 0.15) is 10.4 Å². The van der Waals surface area contributed by atoms with Crippen molar-refractivity contribution in [3.8, 4) is 11.5 Å². The number of carbonyl (C=O) groups is 1. The Kier molecular flexibility index (Phi) is 7.08. The lowest BCUT2D eigenvalue weighted by molar-refractivity contribution is 0.0948. The molecule has 1 saturated heterocycles. The van der Waals surface area contributed by atoms with Crippen molar-refractivity contribution in [3.63, 3.8) is 0 Å². The van der Waals surface area contributed by atoms with Crippen LogP contribution in [-0.2, 0) is 0 Å². The second-order valence-corrected chi connectivity index (χ2v) is 10.2. The van der Waals surface area contributed by atoms with Gasteiger partial charge in [-0.1, -0.05) is 34.5 Å². The van der Waals surface area contributed by atoms with Gasteiger partial charge in [0.15, 0.2) is 5.13 Å². The van der Waals surface area contributed by atoms with Gasteiger partial charge in [0, 0.05) is 39.3 Å². The highest BCUT2D eigenvalue weighted by molar-refractivity contribution is 7.22. The number of piperazine rings is 1. The topological polar surface area (TPSA) is 66.9 Å². The smallest absolute Gasteiger partial charge is 0.253 e. The Morgan fingerprint density at radius 2 is 1.84 bits per heavy atom. The number of nitrogens with zero attached hydrogens (tertiary/aromatic N) is 3. The van der Waals surface area contributed by atoms with E-state index in [0.29, 0.717) is 20.8 Å². The summed E-state index contributed by atoms with van der Waals surface area (Å²) < 4.78 is 12.9. The van der Waals surface area contributed by atoms with Crippen LogP contribution in [0.3, 0.4) is 0 Å². The predicted octanol–water partition coefficient (Wildman–Crippen LogP) is 4.23. The Bertz CT molecular complexity index is 1040. The molecule has 4 rings (SSSR count). The molecule has 3 heterocycles. The monoisotopic (exact) mass is 500 g/mol. The second kappa shape index (κ2) is 9.79. The van der Waals surface area contributed by atoms with Gasteiger partial charge >= 0.3 is 0 Å². The third kappa shape index (κ3) is 4.85. The van der Waals surface area contributed by atoms with Crippen LogP contribution in [0.25, 0.3) is 10.2 Å². The molecule has 1 fully saturated rings. The molecule has 0 saturated carbocycles. The van der Waals surface area contributed by atoms with Crippen molar-refractivity contribution >= 4 is 67.1 Å². The van der Waals surface area contributed by atoms with Crippen LogP contribution < -0.4 is 19.7 Å². The van der Waals surface area contributed by atoms with Gasteiger partial charge in [-0.3, -0.25) is 9.69 Å². The summed E-state index contributed by atoms with van der Waals surface area (Å²) in [5.41, 5.74) is 1.27. The molecule has 0 bridgehead atoms. The van der Waals surface area contributed by atoms with Crippen LogP contribution in [0.5, 0.6) is 11.5 Å². The minimum atomic E-state index is -0.191. The molecule has 2 aromatic heterocycles. The van der Waals surface area contributed by atoms with Crippen LogP contribution in [0, 0.1) is 0 Å². The maximum absolute atomic E-state index is 12.2. The first-order valence-corrected chi connectivity index (χ1v) is 12.1. The Labute approximate surface area is 198 Å². The Balaban J connectivity index is 1.32. The van der Waals surface area contributed by atoms with Crippen molar-refractivity contribution in [2.75, 3.05) is 58.4 Å². The molecule has 166 valence electrons. The number of fused-ring (bicyclic) bond motifs is 1. The minimum Gasteiger partial charge on any atom is -0.495 e. The van der Waals surface area contributed by atoms with Crippen LogP contribution in [0.4, 0.5) is 5.13 Å². The lowest BCUT2D eigenvalue weighted by Crippen LogP contribution is -2.48. The fraction of sp³-hybridized carbons (Fsp3) is 0.400. The average molecular weight is 501 g/mol. The molecular weight excluding hydrogens is 479 g/mol. The van der Waals surface area contributed by atoms with Crippen molar-refractivity contribution in [1.82, 2.24) is 15.2 Å². The predicted molar refractivity (Wildman–Crippen MR) is 128 cm³/mol. The molecule has 31 heavy (non-hydrogen) atoms. The lowest BCUT2D eigenvalue weighted by atomic mass is 10.3. The number of aromatic nitrogens is 1. The molecule has 0 unspecified atom stereocenters. The van der Waals surface area contributed by atoms with Crippen LogP contribution in [0.15, 0.2) is 18.2 Å². The SMILES string of the molecule is COc1ccc(OC)c2sc(N3CCN(CCNC(=O)c4cc(Cl)sc4Cl)CC3)nc12. The van der Waals surface area contributed by atoms with E-state index >= 15 is 0 Å². The number of benzene rings is 1. The normalized spacial score (nSPS) is 14.8. The molecule has 3 aromatic rings. The fourth-order valence-corrected chi connectivity index (χ4v) is 6.07. The number of amides is 1. The Morgan fingerprint density at radius 1 is 1.13 bits per heavy atom. The van der Waals surface area contributed by atoms with Gasteiger partial charge in [-0.05, 0) is 18.2 Å². The van der Waals surface area contributed by atoms with E-state index in [1.165, 1.54) is 11.3 Å². The summed E-state index contributed by atoms with van der Waals surface area (Å²) in [5.74, 6) is 1.37. The van der Waals surface area contributed by atoms with E-state index in [-0.39, 0.29) is 5.91 Å².